The highest BCUT2D eigenvalue weighted by molar-refractivity contribution is 5.92. The molecule has 24 heavy (non-hydrogen) atoms. The van der Waals surface area contributed by atoms with E-state index in [0.717, 1.165) is 5.56 Å². The minimum absolute atomic E-state index is 0.119. The highest BCUT2D eigenvalue weighted by Gasteiger charge is 2.13. The Labute approximate surface area is 140 Å². The molecule has 2 aromatic rings. The number of nitrogens with zero attached hydrogens (tertiary/aromatic N) is 1. The lowest BCUT2D eigenvalue weighted by Crippen LogP contribution is -2.37. The van der Waals surface area contributed by atoms with Crippen molar-refractivity contribution >= 4 is 17.8 Å². The summed E-state index contributed by atoms with van der Waals surface area (Å²) in [5.41, 5.74) is 1.01. The summed E-state index contributed by atoms with van der Waals surface area (Å²) in [5.74, 6) is 0.443. The number of hydrogen-bond donors (Lipinski definition) is 3. The smallest absolute Gasteiger partial charge is 0.320 e. The van der Waals surface area contributed by atoms with Crippen LogP contribution in [0, 0.1) is 0 Å². The number of anilines is 1. The van der Waals surface area contributed by atoms with Gasteiger partial charge in [0.1, 0.15) is 6.10 Å². The van der Waals surface area contributed by atoms with Crippen molar-refractivity contribution in [3.05, 3.63) is 54.2 Å². The Balaban J connectivity index is 2.02. The van der Waals surface area contributed by atoms with Gasteiger partial charge in [-0.05, 0) is 24.6 Å². The van der Waals surface area contributed by atoms with Gasteiger partial charge in [-0.3, -0.25) is 10.1 Å². The Morgan fingerprint density at radius 2 is 1.92 bits per heavy atom. The summed E-state index contributed by atoms with van der Waals surface area (Å²) in [6.45, 7) is 1.80. The molecule has 1 aromatic carbocycles. The van der Waals surface area contributed by atoms with Gasteiger partial charge in [-0.15, -0.1) is 0 Å². The minimum atomic E-state index is -0.533. The third-order valence-corrected chi connectivity index (χ3v) is 3.26. The molecule has 0 saturated carbocycles. The van der Waals surface area contributed by atoms with E-state index in [4.69, 9.17) is 4.74 Å². The summed E-state index contributed by atoms with van der Waals surface area (Å²) in [7, 11) is 1.50. The van der Waals surface area contributed by atoms with Gasteiger partial charge in [0.15, 0.2) is 11.6 Å². The molecule has 1 aromatic heterocycles. The summed E-state index contributed by atoms with van der Waals surface area (Å²) < 4.78 is 5.89. The second kappa shape index (κ2) is 8.52. The number of carbonyl (C=O) groups is 2. The minimum Gasteiger partial charge on any atom is -0.482 e. The van der Waals surface area contributed by atoms with E-state index in [1.54, 1.807) is 18.3 Å². The highest BCUT2D eigenvalue weighted by atomic mass is 16.5. The summed E-state index contributed by atoms with van der Waals surface area (Å²) in [4.78, 5) is 27.1. The molecule has 1 atom stereocenters. The molecule has 0 fully saturated rings. The molecule has 126 valence electrons. The second-order valence-electron chi connectivity index (χ2n) is 5.00. The number of carbonyl (C=O) groups excluding carboxylic acids is 2. The van der Waals surface area contributed by atoms with Gasteiger partial charge in [-0.1, -0.05) is 30.3 Å². The first-order valence-corrected chi connectivity index (χ1v) is 7.52. The van der Waals surface area contributed by atoms with Crippen molar-refractivity contribution in [3.8, 4) is 5.75 Å². The average molecular weight is 328 g/mol. The fraction of sp³-hybridized carbons (Fsp3) is 0.235. The van der Waals surface area contributed by atoms with Gasteiger partial charge in [0.2, 0.25) is 5.91 Å². The first-order chi connectivity index (χ1) is 11.6. The van der Waals surface area contributed by atoms with Gasteiger partial charge in [0.25, 0.3) is 0 Å². The normalized spacial score (nSPS) is 11.2. The quantitative estimate of drug-likeness (QED) is 0.757. The summed E-state index contributed by atoms with van der Waals surface area (Å²) >= 11 is 0. The van der Waals surface area contributed by atoms with Crippen LogP contribution in [-0.2, 0) is 4.79 Å². The van der Waals surface area contributed by atoms with E-state index in [-0.39, 0.29) is 24.4 Å². The van der Waals surface area contributed by atoms with Crippen LogP contribution in [0.4, 0.5) is 10.6 Å². The van der Waals surface area contributed by atoms with Crippen LogP contribution in [0.5, 0.6) is 5.75 Å². The lowest BCUT2D eigenvalue weighted by molar-refractivity contribution is -0.119. The topological polar surface area (TPSA) is 92.4 Å². The second-order valence-corrected chi connectivity index (χ2v) is 5.00. The fourth-order valence-corrected chi connectivity index (χ4v) is 1.96. The molecule has 0 unspecified atom stereocenters. The Hall–Kier alpha value is -3.09. The Morgan fingerprint density at radius 1 is 1.17 bits per heavy atom. The molecule has 0 saturated heterocycles. The van der Waals surface area contributed by atoms with Crippen LogP contribution in [0.15, 0.2) is 48.7 Å². The predicted octanol–water partition coefficient (Wildman–Crippen LogP) is 2.09. The van der Waals surface area contributed by atoms with Crippen LogP contribution in [0.1, 0.15) is 18.6 Å². The zero-order chi connectivity index (χ0) is 17.4. The zero-order valence-electron chi connectivity index (χ0n) is 13.6. The van der Waals surface area contributed by atoms with Gasteiger partial charge in [-0.25, -0.2) is 9.78 Å². The maximum atomic E-state index is 11.8. The number of aromatic nitrogens is 1. The first-order valence-electron chi connectivity index (χ1n) is 7.52. The number of amides is 3. The van der Waals surface area contributed by atoms with Crippen LogP contribution in [-0.4, -0.2) is 30.5 Å². The lowest BCUT2D eigenvalue weighted by Gasteiger charge is -2.17. The molecule has 7 heteroatoms. The van der Waals surface area contributed by atoms with Gasteiger partial charge < -0.3 is 15.4 Å². The molecule has 7 nitrogen and oxygen atoms in total. The van der Waals surface area contributed by atoms with Crippen molar-refractivity contribution in [1.29, 1.82) is 0 Å². The molecular formula is C17H20N4O3. The summed E-state index contributed by atoms with van der Waals surface area (Å²) in [5, 5.41) is 7.44. The van der Waals surface area contributed by atoms with Crippen LogP contribution >= 0.6 is 0 Å². The number of rotatable bonds is 6. The Kier molecular flexibility index (Phi) is 6.13. The van der Waals surface area contributed by atoms with E-state index < -0.39 is 6.03 Å². The maximum Gasteiger partial charge on any atom is 0.320 e. The molecule has 3 N–H and O–H groups in total. The fourth-order valence-electron chi connectivity index (χ4n) is 1.96. The van der Waals surface area contributed by atoms with Crippen LogP contribution in [0.25, 0.3) is 0 Å². The van der Waals surface area contributed by atoms with Gasteiger partial charge in [-0.2, -0.15) is 0 Å². The molecule has 0 radical (unpaired) electrons. The van der Waals surface area contributed by atoms with E-state index >= 15 is 0 Å². The molecule has 0 aliphatic rings. The number of nitrogens with one attached hydrogen (secondary N) is 3. The molecular weight excluding hydrogens is 308 g/mol. The molecule has 2 rings (SSSR count). The molecule has 1 heterocycles. The van der Waals surface area contributed by atoms with Gasteiger partial charge in [0.05, 0.1) is 6.54 Å². The number of ether oxygens (including phenoxy) is 1. The van der Waals surface area contributed by atoms with Crippen molar-refractivity contribution in [2.45, 2.75) is 13.0 Å². The standard InChI is InChI=1S/C17H20N4O3/c1-12(13-7-4-3-5-8-13)24-14-9-6-10-19-16(14)21-17(23)20-11-15(22)18-2/h3-10,12H,11H2,1-2H3,(H,18,22)(H2,19,20,21,23)/t12-/m0/s1. The highest BCUT2D eigenvalue weighted by Crippen LogP contribution is 2.27. The third kappa shape index (κ3) is 4.98. The maximum absolute atomic E-state index is 11.8. The number of pyridine rings is 1. The third-order valence-electron chi connectivity index (χ3n) is 3.26. The molecule has 0 aliphatic heterocycles. The monoisotopic (exact) mass is 328 g/mol. The molecule has 0 bridgehead atoms. The average Bonchev–Trinajstić information content (AvgIpc) is 2.62. The van der Waals surface area contributed by atoms with Crippen LogP contribution in [0.3, 0.4) is 0 Å². The van der Waals surface area contributed by atoms with E-state index in [0.29, 0.717) is 5.75 Å². The van der Waals surface area contributed by atoms with Crippen LogP contribution in [0.2, 0.25) is 0 Å². The zero-order valence-corrected chi connectivity index (χ0v) is 13.6. The van der Waals surface area contributed by atoms with Crippen molar-refractivity contribution in [1.82, 2.24) is 15.6 Å². The van der Waals surface area contributed by atoms with Crippen molar-refractivity contribution in [2.75, 3.05) is 18.9 Å². The summed E-state index contributed by atoms with van der Waals surface area (Å²) in [6, 6.07) is 12.6. The van der Waals surface area contributed by atoms with Crippen molar-refractivity contribution in [2.24, 2.45) is 0 Å². The van der Waals surface area contributed by atoms with E-state index in [1.807, 2.05) is 37.3 Å². The first kappa shape index (κ1) is 17.3. The summed E-state index contributed by atoms with van der Waals surface area (Å²) in [6.07, 6.45) is 1.35. The number of hydrogen-bond acceptors (Lipinski definition) is 4. The predicted molar refractivity (Wildman–Crippen MR) is 90.8 cm³/mol. The molecule has 3 amide bonds. The van der Waals surface area contributed by atoms with E-state index in [9.17, 15) is 9.59 Å². The molecule has 0 aliphatic carbocycles. The van der Waals surface area contributed by atoms with Crippen molar-refractivity contribution in [3.63, 3.8) is 0 Å². The van der Waals surface area contributed by atoms with E-state index in [1.165, 1.54) is 7.05 Å². The van der Waals surface area contributed by atoms with E-state index in [2.05, 4.69) is 20.9 Å². The van der Waals surface area contributed by atoms with Crippen LogP contribution < -0.4 is 20.7 Å². The number of likely N-dealkylation sites (N-methyl/N-ethyl adjacent to an activating group) is 1. The Bertz CT molecular complexity index is 691. The molecule has 0 spiro atoms. The largest absolute Gasteiger partial charge is 0.482 e. The Morgan fingerprint density at radius 3 is 2.62 bits per heavy atom. The lowest BCUT2D eigenvalue weighted by atomic mass is 10.1. The SMILES string of the molecule is CNC(=O)CNC(=O)Nc1ncccc1O[C@@H](C)c1ccccc1. The van der Waals surface area contributed by atoms with Gasteiger partial charge in [0, 0.05) is 13.2 Å². The van der Waals surface area contributed by atoms with Gasteiger partial charge >= 0.3 is 6.03 Å². The number of urea groups is 1. The number of benzene rings is 1. The van der Waals surface area contributed by atoms with Crippen molar-refractivity contribution < 1.29 is 14.3 Å².